The first-order valence-electron chi connectivity index (χ1n) is 14.7. The number of hydrogen-bond acceptors (Lipinski definition) is 6. The summed E-state index contributed by atoms with van der Waals surface area (Å²) >= 11 is 0. The average molecular weight is 603 g/mol. The van der Waals surface area contributed by atoms with E-state index in [-0.39, 0.29) is 35.4 Å². The zero-order valence-electron chi connectivity index (χ0n) is 24.3. The molecule has 1 unspecified atom stereocenters. The van der Waals surface area contributed by atoms with Gasteiger partial charge < -0.3 is 10.6 Å². The number of benzene rings is 4. The molecule has 4 aromatic rings. The van der Waals surface area contributed by atoms with Crippen molar-refractivity contribution in [1.29, 1.82) is 0 Å². The second kappa shape index (κ2) is 12.5. The van der Waals surface area contributed by atoms with Gasteiger partial charge in [0.15, 0.2) is 0 Å². The summed E-state index contributed by atoms with van der Waals surface area (Å²) in [6.45, 7) is 0.743. The third-order valence-electron chi connectivity index (χ3n) is 8.14. The number of carbonyl (C=O) groups is 6. The smallest absolute Gasteiger partial charge is 0.262 e. The molecule has 0 bridgehead atoms. The number of amides is 6. The zero-order valence-corrected chi connectivity index (χ0v) is 24.3. The molecule has 0 radical (unpaired) electrons. The van der Waals surface area contributed by atoms with Gasteiger partial charge in [-0.1, -0.05) is 66.7 Å². The van der Waals surface area contributed by atoms with Gasteiger partial charge in [0.25, 0.3) is 17.7 Å². The fraction of sp³-hybridized carbons (Fsp3) is 0.200. The normalized spacial score (nSPS) is 16.0. The molecular formula is C35H30N4O6. The fourth-order valence-corrected chi connectivity index (χ4v) is 5.74. The van der Waals surface area contributed by atoms with E-state index in [4.69, 9.17) is 0 Å². The first kappa shape index (κ1) is 29.4. The van der Waals surface area contributed by atoms with E-state index in [2.05, 4.69) is 16.0 Å². The van der Waals surface area contributed by atoms with E-state index in [9.17, 15) is 28.8 Å². The van der Waals surface area contributed by atoms with E-state index >= 15 is 0 Å². The number of piperidine rings is 1. The van der Waals surface area contributed by atoms with Gasteiger partial charge in [0.1, 0.15) is 6.04 Å². The Kier molecular flexibility index (Phi) is 8.20. The second-order valence-electron chi connectivity index (χ2n) is 11.1. The molecule has 0 aliphatic carbocycles. The predicted octanol–water partition coefficient (Wildman–Crippen LogP) is 3.07. The van der Waals surface area contributed by atoms with Crippen LogP contribution in [0.2, 0.25) is 0 Å². The van der Waals surface area contributed by atoms with E-state index in [1.54, 1.807) is 0 Å². The largest absolute Gasteiger partial charge is 0.352 e. The van der Waals surface area contributed by atoms with Gasteiger partial charge in [0.05, 0.1) is 17.5 Å². The number of imide groups is 2. The van der Waals surface area contributed by atoms with E-state index in [0.717, 1.165) is 32.4 Å². The summed E-state index contributed by atoms with van der Waals surface area (Å²) in [7, 11) is 0. The van der Waals surface area contributed by atoms with Crippen LogP contribution >= 0.6 is 0 Å². The number of rotatable bonds is 9. The zero-order chi connectivity index (χ0) is 31.5. The van der Waals surface area contributed by atoms with Gasteiger partial charge in [0.2, 0.25) is 17.7 Å². The fourth-order valence-electron chi connectivity index (χ4n) is 5.74. The summed E-state index contributed by atoms with van der Waals surface area (Å²) in [5, 5.41) is 10.2. The number of carbonyl (C=O) groups excluding carboxylic acids is 6. The molecule has 4 aromatic carbocycles. The summed E-state index contributed by atoms with van der Waals surface area (Å²) in [6, 6.07) is 24.9. The van der Waals surface area contributed by atoms with Crippen molar-refractivity contribution >= 4 is 46.2 Å². The lowest BCUT2D eigenvalue weighted by molar-refractivity contribution is -0.136. The van der Waals surface area contributed by atoms with Crippen LogP contribution in [0.5, 0.6) is 0 Å². The molecule has 10 nitrogen and oxygen atoms in total. The molecule has 0 aromatic heterocycles. The molecule has 6 rings (SSSR count). The lowest BCUT2D eigenvalue weighted by Gasteiger charge is -2.27. The third kappa shape index (κ3) is 6.21. The maximum Gasteiger partial charge on any atom is 0.262 e. The molecule has 3 N–H and O–H groups in total. The molecular weight excluding hydrogens is 572 g/mol. The van der Waals surface area contributed by atoms with Crippen molar-refractivity contribution in [2.24, 2.45) is 0 Å². The van der Waals surface area contributed by atoms with Gasteiger partial charge in [-0.15, -0.1) is 0 Å². The molecule has 2 aliphatic rings. The Morgan fingerprint density at radius 1 is 0.800 bits per heavy atom. The highest BCUT2D eigenvalue weighted by molar-refractivity contribution is 6.24. The van der Waals surface area contributed by atoms with Gasteiger partial charge in [-0.05, 0) is 58.5 Å². The highest BCUT2D eigenvalue weighted by atomic mass is 16.2. The van der Waals surface area contributed by atoms with Gasteiger partial charge in [-0.25, -0.2) is 0 Å². The molecule has 1 atom stereocenters. The second-order valence-corrected chi connectivity index (χ2v) is 11.1. The van der Waals surface area contributed by atoms with Crippen molar-refractivity contribution in [3.63, 3.8) is 0 Å². The lowest BCUT2D eigenvalue weighted by atomic mass is 10.0. The first-order valence-corrected chi connectivity index (χ1v) is 14.7. The van der Waals surface area contributed by atoms with E-state index < -0.39 is 35.6 Å². The van der Waals surface area contributed by atoms with Crippen molar-refractivity contribution < 1.29 is 28.8 Å². The molecule has 1 saturated heterocycles. The molecule has 2 heterocycles. The Labute approximate surface area is 258 Å². The lowest BCUT2D eigenvalue weighted by Crippen LogP contribution is -2.54. The topological polar surface area (TPSA) is 142 Å². The Morgan fingerprint density at radius 2 is 1.53 bits per heavy atom. The molecule has 45 heavy (non-hydrogen) atoms. The minimum Gasteiger partial charge on any atom is -0.352 e. The van der Waals surface area contributed by atoms with Gasteiger partial charge in [-0.2, -0.15) is 0 Å². The number of hydrogen-bond donors (Lipinski definition) is 3. The van der Waals surface area contributed by atoms with Crippen LogP contribution < -0.4 is 16.0 Å². The van der Waals surface area contributed by atoms with Crippen LogP contribution in [-0.2, 0) is 33.8 Å². The van der Waals surface area contributed by atoms with Crippen molar-refractivity contribution in [2.45, 2.75) is 38.3 Å². The van der Waals surface area contributed by atoms with Crippen LogP contribution in [0.15, 0.2) is 84.9 Å². The molecule has 2 aliphatic heterocycles. The monoisotopic (exact) mass is 602 g/mol. The van der Waals surface area contributed by atoms with E-state index in [1.165, 1.54) is 18.2 Å². The Hall–Kier alpha value is -5.64. The summed E-state index contributed by atoms with van der Waals surface area (Å²) in [6.07, 6.45) is 0.950. The summed E-state index contributed by atoms with van der Waals surface area (Å²) < 4.78 is 0. The molecule has 0 spiro atoms. The maximum atomic E-state index is 13.0. The van der Waals surface area contributed by atoms with Gasteiger partial charge in [0, 0.05) is 25.1 Å². The van der Waals surface area contributed by atoms with E-state index in [0.29, 0.717) is 25.9 Å². The van der Waals surface area contributed by atoms with Crippen LogP contribution in [0.1, 0.15) is 60.6 Å². The summed E-state index contributed by atoms with van der Waals surface area (Å²) in [5.41, 5.74) is 3.32. The first-order chi connectivity index (χ1) is 21.8. The highest BCUT2D eigenvalue weighted by Gasteiger charge is 2.44. The SMILES string of the molecule is O=C(Cc1cccc2ccccc12)NCc1ccc(CCNC(=O)c2ccc3c(c2)C(=O)N(C2CCC(=O)NC2=O)C3=O)cc1. The van der Waals surface area contributed by atoms with Crippen LogP contribution in [0.3, 0.4) is 0 Å². The quantitative estimate of drug-likeness (QED) is 0.252. The van der Waals surface area contributed by atoms with Crippen LogP contribution in [0, 0.1) is 0 Å². The highest BCUT2D eigenvalue weighted by Crippen LogP contribution is 2.28. The van der Waals surface area contributed by atoms with E-state index in [1.807, 2.05) is 66.7 Å². The van der Waals surface area contributed by atoms with Crippen LogP contribution in [0.25, 0.3) is 10.8 Å². The number of nitrogens with one attached hydrogen (secondary N) is 3. The van der Waals surface area contributed by atoms with Crippen molar-refractivity contribution in [3.05, 3.63) is 118 Å². The van der Waals surface area contributed by atoms with Gasteiger partial charge >= 0.3 is 0 Å². The molecule has 6 amide bonds. The number of fused-ring (bicyclic) bond motifs is 2. The standard InChI is InChI=1S/C35H30N4O6/c40-30-15-14-29(33(43)38-30)39-34(44)27-13-12-25(18-28(27)35(39)45)32(42)36-17-16-21-8-10-22(11-9-21)20-37-31(41)19-24-6-3-5-23-4-1-2-7-26(23)24/h1-13,18,29H,14-17,19-20H2,(H,36,42)(H,37,41)(H,38,40,43). The minimum atomic E-state index is -1.06. The van der Waals surface area contributed by atoms with Gasteiger partial charge in [-0.3, -0.25) is 39.0 Å². The third-order valence-corrected chi connectivity index (χ3v) is 8.14. The van der Waals surface area contributed by atoms with Crippen molar-refractivity contribution in [2.75, 3.05) is 6.54 Å². The Bertz CT molecular complexity index is 1860. The minimum absolute atomic E-state index is 0.0311. The Balaban J connectivity index is 0.986. The predicted molar refractivity (Wildman–Crippen MR) is 165 cm³/mol. The van der Waals surface area contributed by atoms with Crippen LogP contribution in [0.4, 0.5) is 0 Å². The number of nitrogens with zero attached hydrogens (tertiary/aromatic N) is 1. The van der Waals surface area contributed by atoms with Crippen molar-refractivity contribution in [1.82, 2.24) is 20.9 Å². The molecule has 226 valence electrons. The molecule has 0 saturated carbocycles. The Morgan fingerprint density at radius 3 is 2.33 bits per heavy atom. The maximum absolute atomic E-state index is 13.0. The van der Waals surface area contributed by atoms with Crippen molar-refractivity contribution in [3.8, 4) is 0 Å². The molecule has 1 fully saturated rings. The van der Waals surface area contributed by atoms with Crippen LogP contribution in [-0.4, -0.2) is 52.9 Å². The summed E-state index contributed by atoms with van der Waals surface area (Å²) in [5.74, 6) is -2.87. The summed E-state index contributed by atoms with van der Waals surface area (Å²) in [4.78, 5) is 76.0. The molecule has 10 heteroatoms. The average Bonchev–Trinajstić information content (AvgIpc) is 3.29.